The van der Waals surface area contributed by atoms with Crippen molar-refractivity contribution in [3.8, 4) is 11.9 Å². The Balaban J connectivity index is 2.06. The molecule has 1 saturated heterocycles. The van der Waals surface area contributed by atoms with Gasteiger partial charge in [-0.15, -0.1) is 0 Å². The first-order valence-corrected chi connectivity index (χ1v) is 6.44. The van der Waals surface area contributed by atoms with Crippen LogP contribution in [0.5, 0.6) is 5.88 Å². The van der Waals surface area contributed by atoms with Gasteiger partial charge in [-0.25, -0.2) is 4.98 Å². The zero-order chi connectivity index (χ0) is 13.0. The number of ether oxygens (including phenoxy) is 1. The molecule has 4 nitrogen and oxygen atoms in total. The Morgan fingerprint density at radius 1 is 1.56 bits per heavy atom. The average Bonchev–Trinajstić information content (AvgIpc) is 2.39. The molecule has 1 aliphatic rings. The summed E-state index contributed by atoms with van der Waals surface area (Å²) in [4.78, 5) is 6.48. The fourth-order valence-corrected chi connectivity index (χ4v) is 2.52. The molecule has 2 atom stereocenters. The molecule has 0 N–H and O–H groups in total. The molecule has 18 heavy (non-hydrogen) atoms. The van der Waals surface area contributed by atoms with Crippen molar-refractivity contribution in [1.29, 1.82) is 5.26 Å². The van der Waals surface area contributed by atoms with E-state index in [1.165, 1.54) is 12.8 Å². The summed E-state index contributed by atoms with van der Waals surface area (Å²) in [7, 11) is 2.13. The second-order valence-corrected chi connectivity index (χ2v) is 4.83. The van der Waals surface area contributed by atoms with E-state index in [2.05, 4.69) is 29.9 Å². The van der Waals surface area contributed by atoms with E-state index < -0.39 is 0 Å². The topological polar surface area (TPSA) is 49.1 Å². The third-order valence-electron chi connectivity index (χ3n) is 3.56. The van der Waals surface area contributed by atoms with Crippen molar-refractivity contribution >= 4 is 0 Å². The molecule has 2 heterocycles. The van der Waals surface area contributed by atoms with Gasteiger partial charge in [0.1, 0.15) is 17.7 Å². The van der Waals surface area contributed by atoms with Gasteiger partial charge in [0.25, 0.3) is 0 Å². The number of likely N-dealkylation sites (tertiary alicyclic amines) is 1. The number of pyridine rings is 1. The van der Waals surface area contributed by atoms with Crippen LogP contribution in [0.3, 0.4) is 0 Å². The van der Waals surface area contributed by atoms with Gasteiger partial charge < -0.3 is 4.74 Å². The van der Waals surface area contributed by atoms with Crippen molar-refractivity contribution < 1.29 is 4.74 Å². The molecule has 0 aliphatic carbocycles. The van der Waals surface area contributed by atoms with E-state index in [0.717, 1.165) is 13.0 Å². The maximum atomic E-state index is 9.01. The molecule has 0 bridgehead atoms. The van der Waals surface area contributed by atoms with Gasteiger partial charge in [-0.05, 0) is 45.5 Å². The second kappa shape index (κ2) is 5.83. The Bertz CT molecular complexity index is 441. The largest absolute Gasteiger partial charge is 0.472 e. The van der Waals surface area contributed by atoms with Gasteiger partial charge in [-0.2, -0.15) is 5.26 Å². The van der Waals surface area contributed by atoms with Crippen LogP contribution in [0.25, 0.3) is 0 Å². The molecule has 1 aliphatic heterocycles. The van der Waals surface area contributed by atoms with Crippen LogP contribution in [0.15, 0.2) is 18.3 Å². The lowest BCUT2D eigenvalue weighted by Gasteiger charge is -2.36. The van der Waals surface area contributed by atoms with E-state index in [4.69, 9.17) is 10.00 Å². The summed E-state index contributed by atoms with van der Waals surface area (Å²) >= 11 is 0. The first-order valence-electron chi connectivity index (χ1n) is 6.44. The molecule has 2 rings (SSSR count). The highest BCUT2D eigenvalue weighted by Gasteiger charge is 2.26. The Hall–Kier alpha value is -1.60. The first-order chi connectivity index (χ1) is 8.72. The number of hydrogen-bond acceptors (Lipinski definition) is 4. The van der Waals surface area contributed by atoms with Crippen LogP contribution in [0.4, 0.5) is 0 Å². The number of likely N-dealkylation sites (N-methyl/N-ethyl adjacent to an activating group) is 1. The predicted octanol–water partition coefficient (Wildman–Crippen LogP) is 2.20. The summed E-state index contributed by atoms with van der Waals surface area (Å²) < 4.78 is 5.87. The van der Waals surface area contributed by atoms with Gasteiger partial charge >= 0.3 is 0 Å². The molecular formula is C14H19N3O. The fraction of sp³-hybridized carbons (Fsp3) is 0.571. The smallest absolute Gasteiger partial charge is 0.231 e. The highest BCUT2D eigenvalue weighted by molar-refractivity contribution is 5.37. The Morgan fingerprint density at radius 2 is 2.39 bits per heavy atom. The SMILES string of the molecule is CC(Oc1ncccc1C#N)C1CCCCN1C. The maximum absolute atomic E-state index is 9.01. The van der Waals surface area contributed by atoms with Gasteiger partial charge in [0.05, 0.1) is 0 Å². The molecule has 0 aromatic carbocycles. The van der Waals surface area contributed by atoms with Gasteiger partial charge in [-0.1, -0.05) is 6.42 Å². The monoisotopic (exact) mass is 245 g/mol. The standard InChI is InChI=1S/C14H19N3O/c1-11(13-7-3-4-9-17(13)2)18-14-12(10-15)6-5-8-16-14/h5-6,8,11,13H,3-4,7,9H2,1-2H3. The number of nitrogens with zero attached hydrogens (tertiary/aromatic N) is 3. The van der Waals surface area contributed by atoms with E-state index in [-0.39, 0.29) is 6.10 Å². The molecule has 2 unspecified atom stereocenters. The number of nitriles is 1. The summed E-state index contributed by atoms with van der Waals surface area (Å²) in [6, 6.07) is 6.01. The fourth-order valence-electron chi connectivity index (χ4n) is 2.52. The number of hydrogen-bond donors (Lipinski definition) is 0. The number of rotatable bonds is 3. The average molecular weight is 245 g/mol. The highest BCUT2D eigenvalue weighted by Crippen LogP contribution is 2.22. The van der Waals surface area contributed by atoms with E-state index in [0.29, 0.717) is 17.5 Å². The minimum Gasteiger partial charge on any atom is -0.472 e. The van der Waals surface area contributed by atoms with Crippen molar-refractivity contribution in [2.75, 3.05) is 13.6 Å². The van der Waals surface area contributed by atoms with Crippen molar-refractivity contribution in [2.24, 2.45) is 0 Å². The third-order valence-corrected chi connectivity index (χ3v) is 3.56. The summed E-state index contributed by atoms with van der Waals surface area (Å²) in [6.07, 6.45) is 5.36. The Labute approximate surface area is 108 Å². The van der Waals surface area contributed by atoms with Crippen LogP contribution in [0.1, 0.15) is 31.7 Å². The Kier molecular flexibility index (Phi) is 4.16. The number of piperidine rings is 1. The zero-order valence-corrected chi connectivity index (χ0v) is 11.0. The summed E-state index contributed by atoms with van der Waals surface area (Å²) in [5, 5.41) is 9.01. The molecule has 0 spiro atoms. The lowest BCUT2D eigenvalue weighted by molar-refractivity contribution is 0.0655. The van der Waals surface area contributed by atoms with Crippen molar-refractivity contribution in [3.63, 3.8) is 0 Å². The van der Waals surface area contributed by atoms with Crippen LogP contribution >= 0.6 is 0 Å². The van der Waals surface area contributed by atoms with E-state index in [1.54, 1.807) is 18.3 Å². The quantitative estimate of drug-likeness (QED) is 0.819. The molecule has 4 heteroatoms. The molecule has 1 aromatic heterocycles. The van der Waals surface area contributed by atoms with Crippen molar-refractivity contribution in [2.45, 2.75) is 38.3 Å². The minimum absolute atomic E-state index is 0.0531. The summed E-state index contributed by atoms with van der Waals surface area (Å²) in [5.41, 5.74) is 0.503. The van der Waals surface area contributed by atoms with Crippen LogP contribution in [-0.2, 0) is 0 Å². The van der Waals surface area contributed by atoms with Crippen LogP contribution in [0, 0.1) is 11.3 Å². The molecular weight excluding hydrogens is 226 g/mol. The van der Waals surface area contributed by atoms with Gasteiger partial charge in [0, 0.05) is 12.2 Å². The zero-order valence-electron chi connectivity index (χ0n) is 11.0. The normalized spacial score (nSPS) is 22.2. The van der Waals surface area contributed by atoms with Crippen molar-refractivity contribution in [1.82, 2.24) is 9.88 Å². The maximum Gasteiger partial charge on any atom is 0.231 e. The Morgan fingerprint density at radius 3 is 3.11 bits per heavy atom. The highest BCUT2D eigenvalue weighted by atomic mass is 16.5. The molecule has 0 saturated carbocycles. The molecule has 0 amide bonds. The lowest BCUT2D eigenvalue weighted by atomic mass is 9.99. The summed E-state index contributed by atoms with van der Waals surface area (Å²) in [6.45, 7) is 3.17. The predicted molar refractivity (Wildman–Crippen MR) is 69.3 cm³/mol. The van der Waals surface area contributed by atoms with E-state index in [1.807, 2.05) is 0 Å². The van der Waals surface area contributed by atoms with Crippen LogP contribution in [-0.4, -0.2) is 35.6 Å². The van der Waals surface area contributed by atoms with E-state index in [9.17, 15) is 0 Å². The van der Waals surface area contributed by atoms with Gasteiger partial charge in [0.15, 0.2) is 0 Å². The lowest BCUT2D eigenvalue weighted by Crippen LogP contribution is -2.45. The number of aromatic nitrogens is 1. The molecule has 1 fully saturated rings. The van der Waals surface area contributed by atoms with Crippen LogP contribution in [0.2, 0.25) is 0 Å². The van der Waals surface area contributed by atoms with Crippen molar-refractivity contribution in [3.05, 3.63) is 23.9 Å². The molecule has 0 radical (unpaired) electrons. The molecule has 96 valence electrons. The van der Waals surface area contributed by atoms with Gasteiger partial charge in [-0.3, -0.25) is 4.90 Å². The third kappa shape index (κ3) is 2.80. The second-order valence-electron chi connectivity index (χ2n) is 4.83. The van der Waals surface area contributed by atoms with E-state index >= 15 is 0 Å². The minimum atomic E-state index is 0.0531. The first kappa shape index (κ1) is 12.8. The molecule has 1 aromatic rings. The summed E-state index contributed by atoms with van der Waals surface area (Å²) in [5.74, 6) is 0.450. The van der Waals surface area contributed by atoms with Crippen LogP contribution < -0.4 is 4.74 Å². The van der Waals surface area contributed by atoms with Gasteiger partial charge in [0.2, 0.25) is 5.88 Å².